The second-order valence-corrected chi connectivity index (χ2v) is 15.2. The minimum atomic E-state index is -4.34. The lowest BCUT2D eigenvalue weighted by Crippen LogP contribution is -2.29. The molecule has 10 heteroatoms. The zero-order valence-electron chi connectivity index (χ0n) is 32.2. The molecule has 2 atom stereocenters. The van der Waals surface area contributed by atoms with Crippen molar-refractivity contribution < 1.29 is 37.6 Å². The number of phosphoric acid groups is 1. The van der Waals surface area contributed by atoms with Gasteiger partial charge < -0.3 is 19.7 Å². The normalized spacial score (nSPS) is 13.3. The van der Waals surface area contributed by atoms with Gasteiger partial charge >= 0.3 is 19.8 Å². The fraction of sp³-hybridized carbons (Fsp3) is 0.949. The van der Waals surface area contributed by atoms with Crippen molar-refractivity contribution in [3.05, 3.63) is 0 Å². The Morgan fingerprint density at radius 3 is 1.35 bits per heavy atom. The highest BCUT2D eigenvalue weighted by atomic mass is 31.2. The maximum Gasteiger partial charge on any atom is 0.472 e. The molecule has 49 heavy (non-hydrogen) atoms. The van der Waals surface area contributed by atoms with Crippen molar-refractivity contribution >= 4 is 19.8 Å². The van der Waals surface area contributed by atoms with Gasteiger partial charge in [-0.25, -0.2) is 4.57 Å². The van der Waals surface area contributed by atoms with Crippen LogP contribution in [0.1, 0.15) is 201 Å². The van der Waals surface area contributed by atoms with E-state index < -0.39 is 26.5 Å². The van der Waals surface area contributed by atoms with Crippen LogP contribution in [0, 0.1) is 0 Å². The highest BCUT2D eigenvalue weighted by molar-refractivity contribution is 7.47. The topological polar surface area (TPSA) is 120 Å². The summed E-state index contributed by atoms with van der Waals surface area (Å²) in [4.78, 5) is 35.0. The molecular weight excluding hydrogens is 641 g/mol. The number of phosphoric ester groups is 1. The summed E-state index contributed by atoms with van der Waals surface area (Å²) in [6, 6.07) is 0. The molecule has 0 fully saturated rings. The van der Waals surface area contributed by atoms with Gasteiger partial charge in [0.25, 0.3) is 0 Å². The first-order valence-corrected chi connectivity index (χ1v) is 22.0. The van der Waals surface area contributed by atoms with Gasteiger partial charge in [-0.2, -0.15) is 0 Å². The van der Waals surface area contributed by atoms with Crippen LogP contribution in [0.15, 0.2) is 0 Å². The number of carbonyl (C=O) groups is 2. The number of carbonyl (C=O) groups excluding carboxylic acids is 2. The molecule has 0 aromatic heterocycles. The highest BCUT2D eigenvalue weighted by Crippen LogP contribution is 2.43. The van der Waals surface area contributed by atoms with Crippen molar-refractivity contribution in [2.45, 2.75) is 207 Å². The summed E-state index contributed by atoms with van der Waals surface area (Å²) in [5.41, 5.74) is 0. The Kier molecular flexibility index (Phi) is 36.0. The van der Waals surface area contributed by atoms with Crippen molar-refractivity contribution in [1.82, 2.24) is 5.32 Å². The second kappa shape index (κ2) is 36.8. The molecule has 0 radical (unpaired) electrons. The minimum Gasteiger partial charge on any atom is -0.462 e. The zero-order chi connectivity index (χ0) is 36.1. The van der Waals surface area contributed by atoms with Gasteiger partial charge in [0.1, 0.15) is 6.61 Å². The van der Waals surface area contributed by atoms with Gasteiger partial charge in [-0.1, -0.05) is 175 Å². The second-order valence-electron chi connectivity index (χ2n) is 13.7. The van der Waals surface area contributed by atoms with E-state index in [0.717, 1.165) is 32.1 Å². The average molecular weight is 720 g/mol. The predicted octanol–water partition coefficient (Wildman–Crippen LogP) is 11.1. The van der Waals surface area contributed by atoms with E-state index in [9.17, 15) is 19.0 Å². The summed E-state index contributed by atoms with van der Waals surface area (Å²) in [5, 5.41) is 3.00. The molecule has 2 N–H and O–H groups in total. The van der Waals surface area contributed by atoms with Crippen LogP contribution in [0.3, 0.4) is 0 Å². The number of hydrogen-bond acceptors (Lipinski definition) is 8. The van der Waals surface area contributed by atoms with E-state index in [4.69, 9.17) is 18.5 Å². The molecule has 0 amide bonds. The van der Waals surface area contributed by atoms with Crippen LogP contribution < -0.4 is 5.32 Å². The van der Waals surface area contributed by atoms with E-state index in [-0.39, 0.29) is 25.6 Å². The van der Waals surface area contributed by atoms with Gasteiger partial charge in [0.2, 0.25) is 0 Å². The van der Waals surface area contributed by atoms with Gasteiger partial charge in [0.05, 0.1) is 13.2 Å². The Balaban J connectivity index is 4.28. The number of ether oxygens (including phenoxy) is 2. The quantitative estimate of drug-likeness (QED) is 0.0363. The Morgan fingerprint density at radius 1 is 0.551 bits per heavy atom. The Morgan fingerprint density at radius 2 is 0.939 bits per heavy atom. The van der Waals surface area contributed by atoms with E-state index in [1.807, 2.05) is 6.92 Å². The van der Waals surface area contributed by atoms with E-state index in [2.05, 4.69) is 19.2 Å². The molecule has 2 unspecified atom stereocenters. The molecule has 0 heterocycles. The molecule has 9 nitrogen and oxygen atoms in total. The van der Waals surface area contributed by atoms with Crippen molar-refractivity contribution in [3.63, 3.8) is 0 Å². The molecule has 292 valence electrons. The smallest absolute Gasteiger partial charge is 0.462 e. The Labute approximate surface area is 301 Å². The highest BCUT2D eigenvalue weighted by Gasteiger charge is 2.26. The molecular formula is C39H78NO8P. The lowest BCUT2D eigenvalue weighted by Gasteiger charge is -2.20. The summed E-state index contributed by atoms with van der Waals surface area (Å²) in [6.07, 6.45) is 31.4. The number of esters is 2. The molecule has 0 aliphatic heterocycles. The van der Waals surface area contributed by atoms with Crippen molar-refractivity contribution in [2.24, 2.45) is 0 Å². The molecule has 0 aromatic rings. The van der Waals surface area contributed by atoms with Crippen LogP contribution in [-0.4, -0.2) is 55.8 Å². The van der Waals surface area contributed by atoms with Crippen LogP contribution >= 0.6 is 7.82 Å². The van der Waals surface area contributed by atoms with Crippen LogP contribution in [-0.2, 0) is 32.7 Å². The summed E-state index contributed by atoms with van der Waals surface area (Å²) in [5.74, 6) is -0.792. The first kappa shape index (κ1) is 48.0. The monoisotopic (exact) mass is 720 g/mol. The maximum absolute atomic E-state index is 12.6. The molecule has 0 spiro atoms. The van der Waals surface area contributed by atoms with Gasteiger partial charge in [-0.3, -0.25) is 18.6 Å². The van der Waals surface area contributed by atoms with Gasteiger partial charge in [-0.15, -0.1) is 0 Å². The number of hydrogen-bond donors (Lipinski definition) is 2. The third-order valence-corrected chi connectivity index (χ3v) is 9.89. The first-order chi connectivity index (χ1) is 23.8. The summed E-state index contributed by atoms with van der Waals surface area (Å²) in [7, 11) is -4.34. The Bertz CT molecular complexity index is 784. The molecule has 0 bridgehead atoms. The van der Waals surface area contributed by atoms with E-state index in [1.165, 1.54) is 128 Å². The Hall–Kier alpha value is -0.990. The van der Waals surface area contributed by atoms with Gasteiger partial charge in [0, 0.05) is 19.4 Å². The summed E-state index contributed by atoms with van der Waals surface area (Å²) < 4.78 is 33.3. The summed E-state index contributed by atoms with van der Waals surface area (Å²) in [6.45, 7) is 6.91. The standard InChI is InChI=1S/C39H78NO8P/c1-4-7-9-11-13-15-17-19-21-23-25-27-29-31-38(41)45-35-37(36-47-49(43,44)46-34-33-40-6-3)48-39(42)32-30-28-26-24-22-20-18-16-14-12-10-8-5-2/h37,40H,4-36H2,1-3H3,(H,43,44). The lowest BCUT2D eigenvalue weighted by atomic mass is 10.0. The first-order valence-electron chi connectivity index (χ1n) is 20.5. The SMILES string of the molecule is CCCCCCCCCCCCCCCC(=O)OCC(COP(=O)(O)OCCNCC)OC(=O)CCCCCCCCCCCCCCC. The molecule has 0 aliphatic carbocycles. The van der Waals surface area contributed by atoms with Crippen molar-refractivity contribution in [1.29, 1.82) is 0 Å². The van der Waals surface area contributed by atoms with Crippen LogP contribution in [0.25, 0.3) is 0 Å². The summed E-state index contributed by atoms with van der Waals surface area (Å²) >= 11 is 0. The third kappa shape index (κ3) is 36.6. The van der Waals surface area contributed by atoms with Gasteiger partial charge in [-0.05, 0) is 19.4 Å². The number of likely N-dealkylation sites (N-methyl/N-ethyl adjacent to an activating group) is 1. The number of rotatable bonds is 39. The number of unbranched alkanes of at least 4 members (excludes halogenated alkanes) is 24. The van der Waals surface area contributed by atoms with E-state index >= 15 is 0 Å². The van der Waals surface area contributed by atoms with Crippen LogP contribution in [0.4, 0.5) is 0 Å². The number of nitrogens with one attached hydrogen (secondary N) is 1. The van der Waals surface area contributed by atoms with Crippen LogP contribution in [0.2, 0.25) is 0 Å². The van der Waals surface area contributed by atoms with Crippen molar-refractivity contribution in [2.75, 3.05) is 32.9 Å². The fourth-order valence-electron chi connectivity index (χ4n) is 5.82. The zero-order valence-corrected chi connectivity index (χ0v) is 33.1. The third-order valence-electron chi connectivity index (χ3n) is 8.90. The van der Waals surface area contributed by atoms with E-state index in [0.29, 0.717) is 25.9 Å². The van der Waals surface area contributed by atoms with E-state index in [1.54, 1.807) is 0 Å². The average Bonchev–Trinajstić information content (AvgIpc) is 3.08. The largest absolute Gasteiger partial charge is 0.472 e. The molecule has 0 aromatic carbocycles. The van der Waals surface area contributed by atoms with Gasteiger partial charge in [0.15, 0.2) is 6.10 Å². The molecule has 0 rings (SSSR count). The maximum atomic E-state index is 12.6. The predicted molar refractivity (Wildman–Crippen MR) is 202 cm³/mol. The molecule has 0 saturated carbocycles. The minimum absolute atomic E-state index is 0.000764. The molecule has 0 aliphatic rings. The lowest BCUT2D eigenvalue weighted by molar-refractivity contribution is -0.161. The van der Waals surface area contributed by atoms with Crippen LogP contribution in [0.5, 0.6) is 0 Å². The van der Waals surface area contributed by atoms with Crippen molar-refractivity contribution in [3.8, 4) is 0 Å². The molecule has 0 saturated heterocycles. The fourth-order valence-corrected chi connectivity index (χ4v) is 6.57.